The monoisotopic (exact) mass is 292 g/mol. The molecule has 2 saturated heterocycles. The molecule has 1 unspecified atom stereocenters. The Balaban J connectivity index is 1.62. The van der Waals surface area contributed by atoms with Crippen LogP contribution in [0, 0.1) is 0 Å². The van der Waals surface area contributed by atoms with Gasteiger partial charge in [0.1, 0.15) is 6.10 Å². The number of nitrogens with one attached hydrogen (secondary N) is 1. The molecule has 2 fully saturated rings. The molecule has 1 N–H and O–H groups in total. The molecule has 0 radical (unpaired) electrons. The predicted molar refractivity (Wildman–Crippen MR) is 79.8 cm³/mol. The fourth-order valence-electron chi connectivity index (χ4n) is 3.05. The highest BCUT2D eigenvalue weighted by Gasteiger charge is 2.42. The molecule has 5 nitrogen and oxygen atoms in total. The highest BCUT2D eigenvalue weighted by atomic mass is 16.6. The highest BCUT2D eigenvalue weighted by molar-refractivity contribution is 5.32. The van der Waals surface area contributed by atoms with Crippen LogP contribution in [0.15, 0.2) is 18.3 Å². The molecule has 3 heterocycles. The Morgan fingerprint density at radius 1 is 1.43 bits per heavy atom. The summed E-state index contributed by atoms with van der Waals surface area (Å²) in [7, 11) is 0. The van der Waals surface area contributed by atoms with Gasteiger partial charge in [0, 0.05) is 12.6 Å². The average Bonchev–Trinajstić information content (AvgIpc) is 2.89. The Morgan fingerprint density at radius 2 is 2.29 bits per heavy atom. The van der Waals surface area contributed by atoms with Crippen LogP contribution < -0.4 is 14.8 Å². The van der Waals surface area contributed by atoms with Gasteiger partial charge in [-0.15, -0.1) is 0 Å². The maximum absolute atomic E-state index is 6.05. The largest absolute Gasteiger partial charge is 0.488 e. The van der Waals surface area contributed by atoms with Crippen molar-refractivity contribution in [1.82, 2.24) is 10.3 Å². The molecule has 2 aliphatic heterocycles. The third-order valence-electron chi connectivity index (χ3n) is 4.17. The van der Waals surface area contributed by atoms with Crippen LogP contribution in [0.3, 0.4) is 0 Å². The van der Waals surface area contributed by atoms with E-state index in [9.17, 15) is 0 Å². The van der Waals surface area contributed by atoms with Crippen molar-refractivity contribution in [3.05, 3.63) is 18.3 Å². The van der Waals surface area contributed by atoms with Crippen molar-refractivity contribution in [2.45, 2.75) is 44.3 Å². The molecule has 21 heavy (non-hydrogen) atoms. The van der Waals surface area contributed by atoms with Gasteiger partial charge in [-0.1, -0.05) is 6.92 Å². The Labute approximate surface area is 126 Å². The molecule has 0 aromatic carbocycles. The van der Waals surface area contributed by atoms with E-state index < -0.39 is 0 Å². The first kappa shape index (κ1) is 14.6. The zero-order valence-corrected chi connectivity index (χ0v) is 12.6. The first-order chi connectivity index (χ1) is 10.3. The van der Waals surface area contributed by atoms with E-state index in [0.717, 1.165) is 44.5 Å². The summed E-state index contributed by atoms with van der Waals surface area (Å²) in [6.07, 6.45) is 5.85. The van der Waals surface area contributed by atoms with Crippen molar-refractivity contribution in [3.63, 3.8) is 0 Å². The van der Waals surface area contributed by atoms with Gasteiger partial charge in [0.2, 0.25) is 0 Å². The van der Waals surface area contributed by atoms with Crippen LogP contribution in [-0.4, -0.2) is 43.0 Å². The first-order valence-electron chi connectivity index (χ1n) is 7.90. The van der Waals surface area contributed by atoms with E-state index in [4.69, 9.17) is 14.2 Å². The number of rotatable bonds is 5. The third kappa shape index (κ3) is 3.47. The molecule has 1 atom stereocenters. The summed E-state index contributed by atoms with van der Waals surface area (Å²) in [6, 6.07) is 3.78. The molecular formula is C16H24N2O3. The van der Waals surface area contributed by atoms with Crippen LogP contribution in [0.4, 0.5) is 0 Å². The molecule has 3 rings (SSSR count). The van der Waals surface area contributed by atoms with Gasteiger partial charge in [0.15, 0.2) is 5.75 Å². The summed E-state index contributed by atoms with van der Waals surface area (Å²) in [5.41, 5.74) is 0.00906. The van der Waals surface area contributed by atoms with E-state index >= 15 is 0 Å². The lowest BCUT2D eigenvalue weighted by Crippen LogP contribution is -2.41. The smallest absolute Gasteiger partial charge is 0.257 e. The first-order valence-corrected chi connectivity index (χ1v) is 7.90. The average molecular weight is 292 g/mol. The minimum Gasteiger partial charge on any atom is -0.488 e. The Morgan fingerprint density at radius 3 is 3.10 bits per heavy atom. The summed E-state index contributed by atoms with van der Waals surface area (Å²) < 4.78 is 17.8. The second-order valence-electron chi connectivity index (χ2n) is 5.84. The topological polar surface area (TPSA) is 52.6 Å². The van der Waals surface area contributed by atoms with Crippen LogP contribution in [0.2, 0.25) is 0 Å². The molecule has 116 valence electrons. The number of hydrogen-bond acceptors (Lipinski definition) is 5. The second kappa shape index (κ2) is 6.62. The molecule has 0 amide bonds. The van der Waals surface area contributed by atoms with Gasteiger partial charge < -0.3 is 19.5 Å². The minimum atomic E-state index is 0.00906. The van der Waals surface area contributed by atoms with Crippen molar-refractivity contribution in [2.75, 3.05) is 26.3 Å². The second-order valence-corrected chi connectivity index (χ2v) is 5.84. The van der Waals surface area contributed by atoms with Crippen molar-refractivity contribution in [2.24, 2.45) is 0 Å². The fourth-order valence-corrected chi connectivity index (χ4v) is 3.05. The SMILES string of the molecule is CCCOc1cccnc1OC1COC2(CCNCC2)C1. The van der Waals surface area contributed by atoms with Crippen LogP contribution >= 0.6 is 0 Å². The highest BCUT2D eigenvalue weighted by Crippen LogP contribution is 2.36. The van der Waals surface area contributed by atoms with Gasteiger partial charge >= 0.3 is 0 Å². The zero-order chi connectivity index (χ0) is 14.5. The number of piperidine rings is 1. The van der Waals surface area contributed by atoms with Crippen molar-refractivity contribution < 1.29 is 14.2 Å². The van der Waals surface area contributed by atoms with Gasteiger partial charge in [-0.25, -0.2) is 4.98 Å². The van der Waals surface area contributed by atoms with E-state index in [-0.39, 0.29) is 11.7 Å². The van der Waals surface area contributed by atoms with E-state index in [1.54, 1.807) is 6.20 Å². The molecule has 1 spiro atoms. The van der Waals surface area contributed by atoms with Crippen LogP contribution in [-0.2, 0) is 4.74 Å². The number of ether oxygens (including phenoxy) is 3. The van der Waals surface area contributed by atoms with Crippen LogP contribution in [0.5, 0.6) is 11.6 Å². The van der Waals surface area contributed by atoms with Gasteiger partial charge in [-0.3, -0.25) is 0 Å². The molecular weight excluding hydrogens is 268 g/mol. The summed E-state index contributed by atoms with van der Waals surface area (Å²) in [4.78, 5) is 4.31. The third-order valence-corrected chi connectivity index (χ3v) is 4.17. The van der Waals surface area contributed by atoms with E-state index in [2.05, 4.69) is 17.2 Å². The molecule has 0 bridgehead atoms. The normalized spacial score (nSPS) is 24.1. The molecule has 1 aromatic heterocycles. The van der Waals surface area contributed by atoms with Crippen LogP contribution in [0.1, 0.15) is 32.6 Å². The summed E-state index contributed by atoms with van der Waals surface area (Å²) in [6.45, 7) is 5.47. The zero-order valence-electron chi connectivity index (χ0n) is 12.6. The van der Waals surface area contributed by atoms with Gasteiger partial charge in [0.05, 0.1) is 18.8 Å². The Kier molecular flexibility index (Phi) is 4.60. The van der Waals surface area contributed by atoms with E-state index in [1.807, 2.05) is 12.1 Å². The van der Waals surface area contributed by atoms with E-state index in [0.29, 0.717) is 19.1 Å². The predicted octanol–water partition coefficient (Wildman–Crippen LogP) is 2.16. The van der Waals surface area contributed by atoms with Gasteiger partial charge in [-0.2, -0.15) is 0 Å². The summed E-state index contributed by atoms with van der Waals surface area (Å²) in [5.74, 6) is 1.32. The Bertz CT molecular complexity index is 461. The standard InChI is InChI=1S/C16H24N2O3/c1-2-10-19-14-4-3-7-18-15(14)21-13-11-16(20-12-13)5-8-17-9-6-16/h3-4,7,13,17H,2,5-6,8-12H2,1H3. The summed E-state index contributed by atoms with van der Waals surface area (Å²) >= 11 is 0. The Hall–Kier alpha value is -1.33. The number of pyridine rings is 1. The lowest BCUT2D eigenvalue weighted by Gasteiger charge is -2.32. The number of nitrogens with zero attached hydrogens (tertiary/aromatic N) is 1. The molecule has 0 aliphatic carbocycles. The maximum atomic E-state index is 6.05. The van der Waals surface area contributed by atoms with Crippen molar-refractivity contribution in [1.29, 1.82) is 0 Å². The molecule has 0 saturated carbocycles. The van der Waals surface area contributed by atoms with Crippen molar-refractivity contribution >= 4 is 0 Å². The molecule has 1 aromatic rings. The fraction of sp³-hybridized carbons (Fsp3) is 0.688. The molecule has 5 heteroatoms. The quantitative estimate of drug-likeness (QED) is 0.901. The lowest BCUT2D eigenvalue weighted by atomic mass is 9.89. The maximum Gasteiger partial charge on any atom is 0.257 e. The molecule has 2 aliphatic rings. The van der Waals surface area contributed by atoms with Crippen LogP contribution in [0.25, 0.3) is 0 Å². The summed E-state index contributed by atoms with van der Waals surface area (Å²) in [5, 5.41) is 3.38. The minimum absolute atomic E-state index is 0.00906. The van der Waals surface area contributed by atoms with Crippen molar-refractivity contribution in [3.8, 4) is 11.6 Å². The van der Waals surface area contributed by atoms with Gasteiger partial charge in [0.25, 0.3) is 5.88 Å². The van der Waals surface area contributed by atoms with E-state index in [1.165, 1.54) is 0 Å². The number of aromatic nitrogens is 1. The number of hydrogen-bond donors (Lipinski definition) is 1. The lowest BCUT2D eigenvalue weighted by molar-refractivity contribution is -0.0206. The van der Waals surface area contributed by atoms with Gasteiger partial charge in [-0.05, 0) is 44.5 Å².